The number of piperazine rings is 1. The van der Waals surface area contributed by atoms with Crippen LogP contribution in [0.4, 0.5) is 5.82 Å². The summed E-state index contributed by atoms with van der Waals surface area (Å²) in [5.41, 5.74) is 1.55. The number of guanidine groups is 1. The van der Waals surface area contributed by atoms with Crippen LogP contribution < -0.4 is 10.2 Å². The first-order valence-corrected chi connectivity index (χ1v) is 10.7. The second kappa shape index (κ2) is 8.66. The Morgan fingerprint density at radius 1 is 1.25 bits per heavy atom. The number of hydrogen-bond acceptors (Lipinski definition) is 5. The second-order valence-corrected chi connectivity index (χ2v) is 8.42. The molecular formula is C21H34N6O. The van der Waals surface area contributed by atoms with Crippen molar-refractivity contribution in [3.05, 3.63) is 23.9 Å². The van der Waals surface area contributed by atoms with Crippen LogP contribution in [0.1, 0.15) is 25.3 Å². The first kappa shape index (κ1) is 19.5. The van der Waals surface area contributed by atoms with E-state index in [1.165, 1.54) is 18.4 Å². The van der Waals surface area contributed by atoms with E-state index in [0.29, 0.717) is 12.0 Å². The molecule has 1 unspecified atom stereocenters. The highest BCUT2D eigenvalue weighted by Crippen LogP contribution is 2.38. The maximum atomic E-state index is 5.69. The number of aliphatic imine (C=N–C) groups is 1. The molecule has 3 saturated heterocycles. The molecule has 0 radical (unpaired) electrons. The summed E-state index contributed by atoms with van der Waals surface area (Å²) in [6, 6.07) is 4.20. The lowest BCUT2D eigenvalue weighted by atomic mass is 9.87. The lowest BCUT2D eigenvalue weighted by Gasteiger charge is -2.34. The largest absolute Gasteiger partial charge is 0.381 e. The van der Waals surface area contributed by atoms with E-state index in [4.69, 9.17) is 14.7 Å². The summed E-state index contributed by atoms with van der Waals surface area (Å²) in [4.78, 5) is 16.9. The van der Waals surface area contributed by atoms with E-state index in [-0.39, 0.29) is 0 Å². The molecule has 3 aliphatic rings. The van der Waals surface area contributed by atoms with Gasteiger partial charge in [-0.05, 0) is 32.9 Å². The monoisotopic (exact) mass is 386 g/mol. The van der Waals surface area contributed by atoms with Gasteiger partial charge < -0.3 is 24.8 Å². The van der Waals surface area contributed by atoms with Gasteiger partial charge in [-0.3, -0.25) is 0 Å². The second-order valence-electron chi connectivity index (χ2n) is 8.42. The highest BCUT2D eigenvalue weighted by molar-refractivity contribution is 5.80. The summed E-state index contributed by atoms with van der Waals surface area (Å²) < 4.78 is 5.69. The molecule has 7 nitrogen and oxygen atoms in total. The van der Waals surface area contributed by atoms with Crippen LogP contribution in [0.25, 0.3) is 0 Å². The van der Waals surface area contributed by atoms with Crippen LogP contribution in [0, 0.1) is 5.41 Å². The number of rotatable bonds is 4. The fraction of sp³-hybridized carbons (Fsp3) is 0.714. The summed E-state index contributed by atoms with van der Waals surface area (Å²) in [7, 11) is 2.18. The molecule has 1 aromatic rings. The standard InChI is InChI=1S/C21H34N6O/c1-3-22-20(27-9-6-21(16-27)7-14-28-17-21)24-15-18-5-4-8-23-19(18)26-12-10-25(2)11-13-26/h4-5,8H,3,6-7,9-17H2,1-2H3,(H,22,24). The van der Waals surface area contributed by atoms with Crippen LogP contribution in [-0.2, 0) is 11.3 Å². The lowest BCUT2D eigenvalue weighted by molar-refractivity contribution is 0.156. The summed E-state index contributed by atoms with van der Waals surface area (Å²) in [5, 5.41) is 3.50. The number of likely N-dealkylation sites (tertiary alicyclic amines) is 1. The topological polar surface area (TPSA) is 56.2 Å². The van der Waals surface area contributed by atoms with Gasteiger partial charge in [-0.2, -0.15) is 0 Å². The van der Waals surface area contributed by atoms with Crippen molar-refractivity contribution >= 4 is 11.8 Å². The van der Waals surface area contributed by atoms with Crippen LogP contribution >= 0.6 is 0 Å². The fourth-order valence-corrected chi connectivity index (χ4v) is 4.53. The first-order chi connectivity index (χ1) is 13.7. The highest BCUT2D eigenvalue weighted by atomic mass is 16.5. The van der Waals surface area contributed by atoms with Crippen molar-refractivity contribution in [2.24, 2.45) is 10.4 Å². The molecule has 0 aliphatic carbocycles. The molecule has 154 valence electrons. The number of hydrogen-bond donors (Lipinski definition) is 1. The van der Waals surface area contributed by atoms with Gasteiger partial charge in [-0.25, -0.2) is 9.98 Å². The average Bonchev–Trinajstić information content (AvgIpc) is 3.36. The smallest absolute Gasteiger partial charge is 0.194 e. The molecule has 1 spiro atoms. The zero-order valence-electron chi connectivity index (χ0n) is 17.4. The summed E-state index contributed by atoms with van der Waals surface area (Å²) >= 11 is 0. The van der Waals surface area contributed by atoms with Gasteiger partial charge in [0.15, 0.2) is 5.96 Å². The van der Waals surface area contributed by atoms with E-state index in [0.717, 1.165) is 70.8 Å². The molecule has 1 aromatic heterocycles. The molecule has 3 fully saturated rings. The zero-order chi connectivity index (χ0) is 19.4. The Kier molecular flexibility index (Phi) is 6.01. The van der Waals surface area contributed by atoms with E-state index in [1.54, 1.807) is 0 Å². The van der Waals surface area contributed by atoms with Crippen molar-refractivity contribution in [3.8, 4) is 0 Å². The van der Waals surface area contributed by atoms with Crippen LogP contribution in [0.3, 0.4) is 0 Å². The third kappa shape index (κ3) is 4.25. The number of pyridine rings is 1. The Balaban J connectivity index is 1.47. The van der Waals surface area contributed by atoms with E-state index >= 15 is 0 Å². The van der Waals surface area contributed by atoms with Gasteiger partial charge >= 0.3 is 0 Å². The number of likely N-dealkylation sites (N-methyl/N-ethyl adjacent to an activating group) is 1. The molecule has 0 bridgehead atoms. The van der Waals surface area contributed by atoms with Crippen molar-refractivity contribution < 1.29 is 4.74 Å². The maximum absolute atomic E-state index is 5.69. The van der Waals surface area contributed by atoms with E-state index < -0.39 is 0 Å². The summed E-state index contributed by atoms with van der Waals surface area (Å²) in [6.07, 6.45) is 4.28. The van der Waals surface area contributed by atoms with Gasteiger partial charge in [0, 0.05) is 69.6 Å². The van der Waals surface area contributed by atoms with Crippen LogP contribution in [0.2, 0.25) is 0 Å². The Morgan fingerprint density at radius 3 is 2.86 bits per heavy atom. The molecule has 1 N–H and O–H groups in total. The molecule has 0 amide bonds. The minimum atomic E-state index is 0.343. The van der Waals surface area contributed by atoms with Crippen molar-refractivity contribution in [1.29, 1.82) is 0 Å². The quantitative estimate of drug-likeness (QED) is 0.624. The summed E-state index contributed by atoms with van der Waals surface area (Å²) in [6.45, 7) is 11.8. The van der Waals surface area contributed by atoms with Crippen LogP contribution in [0.15, 0.2) is 23.3 Å². The Labute approximate surface area is 168 Å². The Bertz CT molecular complexity index is 679. The molecule has 4 heterocycles. The molecule has 0 aromatic carbocycles. The van der Waals surface area contributed by atoms with E-state index in [1.807, 2.05) is 12.3 Å². The van der Waals surface area contributed by atoms with Crippen molar-refractivity contribution in [2.45, 2.75) is 26.3 Å². The average molecular weight is 387 g/mol. The van der Waals surface area contributed by atoms with Crippen LogP contribution in [-0.4, -0.2) is 86.8 Å². The molecular weight excluding hydrogens is 352 g/mol. The van der Waals surface area contributed by atoms with E-state index in [9.17, 15) is 0 Å². The number of ether oxygens (including phenoxy) is 1. The number of aromatic nitrogens is 1. The van der Waals surface area contributed by atoms with Gasteiger partial charge in [-0.15, -0.1) is 0 Å². The molecule has 4 rings (SSSR count). The first-order valence-electron chi connectivity index (χ1n) is 10.7. The highest BCUT2D eigenvalue weighted by Gasteiger charge is 2.42. The molecule has 1 atom stereocenters. The number of nitrogens with one attached hydrogen (secondary N) is 1. The Hall–Kier alpha value is -1.86. The predicted octanol–water partition coefficient (Wildman–Crippen LogP) is 1.41. The van der Waals surface area contributed by atoms with Gasteiger partial charge in [-0.1, -0.05) is 6.07 Å². The SMILES string of the molecule is CCNC(=NCc1cccnc1N1CCN(C)CC1)N1CCC2(CCOC2)C1. The lowest BCUT2D eigenvalue weighted by Crippen LogP contribution is -2.45. The minimum absolute atomic E-state index is 0.343. The van der Waals surface area contributed by atoms with E-state index in [2.05, 4.69) is 40.1 Å². The number of anilines is 1. The Morgan fingerprint density at radius 2 is 2.11 bits per heavy atom. The summed E-state index contributed by atoms with van der Waals surface area (Å²) in [5.74, 6) is 2.12. The normalized spacial score (nSPS) is 26.4. The third-order valence-corrected chi connectivity index (χ3v) is 6.33. The van der Waals surface area contributed by atoms with Gasteiger partial charge in [0.1, 0.15) is 5.82 Å². The van der Waals surface area contributed by atoms with Gasteiger partial charge in [0.05, 0.1) is 13.2 Å². The van der Waals surface area contributed by atoms with Crippen molar-refractivity contribution in [3.63, 3.8) is 0 Å². The fourth-order valence-electron chi connectivity index (χ4n) is 4.53. The minimum Gasteiger partial charge on any atom is -0.381 e. The van der Waals surface area contributed by atoms with Gasteiger partial charge in [0.2, 0.25) is 0 Å². The zero-order valence-corrected chi connectivity index (χ0v) is 17.4. The van der Waals surface area contributed by atoms with Crippen molar-refractivity contribution in [2.75, 3.05) is 71.0 Å². The molecule has 28 heavy (non-hydrogen) atoms. The maximum Gasteiger partial charge on any atom is 0.194 e. The predicted molar refractivity (Wildman–Crippen MR) is 113 cm³/mol. The van der Waals surface area contributed by atoms with Crippen LogP contribution in [0.5, 0.6) is 0 Å². The third-order valence-electron chi connectivity index (χ3n) is 6.33. The number of nitrogens with zero attached hydrogens (tertiary/aromatic N) is 5. The van der Waals surface area contributed by atoms with Crippen molar-refractivity contribution in [1.82, 2.24) is 20.1 Å². The molecule has 3 aliphatic heterocycles. The van der Waals surface area contributed by atoms with Gasteiger partial charge in [0.25, 0.3) is 0 Å². The molecule has 7 heteroatoms. The molecule has 0 saturated carbocycles.